The van der Waals surface area contributed by atoms with Crippen LogP contribution in [0.2, 0.25) is 5.02 Å². The minimum absolute atomic E-state index is 0.0125. The molecule has 0 unspecified atom stereocenters. The number of benzene rings is 3. The Hall–Kier alpha value is -3.16. The molecular formula is C20H16ClN3O3S. The third-order valence-electron chi connectivity index (χ3n) is 3.70. The number of sulfonamides is 1. The maximum Gasteiger partial charge on any atom is 0.284 e. The lowest BCUT2D eigenvalue weighted by Gasteiger charge is -2.12. The molecule has 3 aromatic rings. The molecule has 0 fully saturated rings. The molecule has 0 spiro atoms. The average molecular weight is 414 g/mol. The summed E-state index contributed by atoms with van der Waals surface area (Å²) in [5, 5.41) is 0.416. The van der Waals surface area contributed by atoms with Crippen LogP contribution in [0.3, 0.4) is 0 Å². The fourth-order valence-electron chi connectivity index (χ4n) is 2.30. The molecule has 0 saturated heterocycles. The highest BCUT2D eigenvalue weighted by atomic mass is 35.5. The highest BCUT2D eigenvalue weighted by molar-refractivity contribution is 7.90. The van der Waals surface area contributed by atoms with Gasteiger partial charge in [0.2, 0.25) is 0 Å². The molecule has 2 N–H and O–H groups in total. The predicted molar refractivity (Wildman–Crippen MR) is 109 cm³/mol. The minimum Gasteiger partial charge on any atom is -0.280 e. The number of hydrogen-bond donors (Lipinski definition) is 2. The predicted octanol–water partition coefficient (Wildman–Crippen LogP) is 3.41. The number of halogens is 1. The third-order valence-corrected chi connectivity index (χ3v) is 5.24. The van der Waals surface area contributed by atoms with Crippen LogP contribution in [-0.4, -0.2) is 20.2 Å². The number of amides is 1. The highest BCUT2D eigenvalue weighted by Crippen LogP contribution is 2.17. The number of rotatable bonds is 4. The Morgan fingerprint density at radius 2 is 1.29 bits per heavy atom. The smallest absolute Gasteiger partial charge is 0.280 e. The maximum atomic E-state index is 12.7. The van der Waals surface area contributed by atoms with Crippen LogP contribution in [0.1, 0.15) is 15.9 Å². The zero-order chi connectivity index (χ0) is 20.0. The number of amidine groups is 1. The first kappa shape index (κ1) is 19.6. The molecule has 28 heavy (non-hydrogen) atoms. The van der Waals surface area contributed by atoms with E-state index in [1.54, 1.807) is 60.7 Å². The normalized spacial score (nSPS) is 11.7. The van der Waals surface area contributed by atoms with Crippen molar-refractivity contribution in [3.05, 3.63) is 101 Å². The molecule has 0 aliphatic rings. The Bertz CT molecular complexity index is 1080. The number of carbonyl (C=O) groups is 1. The van der Waals surface area contributed by atoms with Crippen LogP contribution < -0.4 is 10.9 Å². The monoisotopic (exact) mass is 413 g/mol. The largest absolute Gasteiger partial charge is 0.284 e. The van der Waals surface area contributed by atoms with Gasteiger partial charge in [0.15, 0.2) is 5.84 Å². The molecule has 0 bridgehead atoms. The summed E-state index contributed by atoms with van der Waals surface area (Å²) in [6, 6.07) is 22.8. The first-order valence-corrected chi connectivity index (χ1v) is 10.0. The summed E-state index contributed by atoms with van der Waals surface area (Å²) in [6.07, 6.45) is 0. The molecule has 0 aliphatic carbocycles. The van der Waals surface area contributed by atoms with E-state index in [-0.39, 0.29) is 10.7 Å². The second-order valence-electron chi connectivity index (χ2n) is 5.68. The lowest BCUT2D eigenvalue weighted by Crippen LogP contribution is -2.42. The molecule has 142 valence electrons. The van der Waals surface area contributed by atoms with Crippen LogP contribution in [0.25, 0.3) is 0 Å². The van der Waals surface area contributed by atoms with Crippen LogP contribution in [0.5, 0.6) is 0 Å². The molecule has 3 rings (SSSR count). The summed E-state index contributed by atoms with van der Waals surface area (Å²) >= 11 is 5.82. The van der Waals surface area contributed by atoms with Gasteiger partial charge in [-0.25, -0.2) is 0 Å². The van der Waals surface area contributed by atoms with E-state index < -0.39 is 15.9 Å². The molecule has 6 nitrogen and oxygen atoms in total. The van der Waals surface area contributed by atoms with E-state index in [9.17, 15) is 13.2 Å². The maximum absolute atomic E-state index is 12.7. The van der Waals surface area contributed by atoms with Gasteiger partial charge in [-0.1, -0.05) is 60.1 Å². The zero-order valence-electron chi connectivity index (χ0n) is 14.5. The molecule has 0 saturated carbocycles. The van der Waals surface area contributed by atoms with E-state index in [4.69, 9.17) is 11.6 Å². The average Bonchev–Trinajstić information content (AvgIpc) is 2.72. The van der Waals surface area contributed by atoms with Gasteiger partial charge < -0.3 is 0 Å². The summed E-state index contributed by atoms with van der Waals surface area (Å²) in [7, 11) is -4.02. The van der Waals surface area contributed by atoms with E-state index >= 15 is 0 Å². The fourth-order valence-corrected chi connectivity index (χ4v) is 3.40. The van der Waals surface area contributed by atoms with E-state index in [1.165, 1.54) is 24.3 Å². The Morgan fingerprint density at radius 1 is 0.750 bits per heavy atom. The van der Waals surface area contributed by atoms with E-state index in [1.807, 2.05) is 0 Å². The van der Waals surface area contributed by atoms with Gasteiger partial charge in [0, 0.05) is 16.1 Å². The van der Waals surface area contributed by atoms with Gasteiger partial charge in [0.05, 0.1) is 4.90 Å². The van der Waals surface area contributed by atoms with Crippen LogP contribution in [0.15, 0.2) is 94.2 Å². The summed E-state index contributed by atoms with van der Waals surface area (Å²) in [4.78, 5) is 12.2. The van der Waals surface area contributed by atoms with Gasteiger partial charge in [-0.2, -0.15) is 8.42 Å². The van der Waals surface area contributed by atoms with Crippen molar-refractivity contribution in [3.8, 4) is 0 Å². The van der Waals surface area contributed by atoms with Gasteiger partial charge in [-0.05, 0) is 36.4 Å². The molecule has 0 aliphatic heterocycles. The van der Waals surface area contributed by atoms with Crippen molar-refractivity contribution >= 4 is 33.4 Å². The van der Waals surface area contributed by atoms with Gasteiger partial charge in [-0.15, -0.1) is 4.40 Å². The standard InChI is InChI=1S/C20H16ClN3O3S/c21-17-11-13-18(14-12-17)28(26,27)24-19(15-7-3-1-4-8-15)22-23-20(25)16-9-5-2-6-10-16/h1-14H,(H,22,24)(H,23,25). The van der Waals surface area contributed by atoms with Crippen molar-refractivity contribution in [2.75, 3.05) is 0 Å². The zero-order valence-corrected chi connectivity index (χ0v) is 16.1. The van der Waals surface area contributed by atoms with Crippen molar-refractivity contribution in [3.63, 3.8) is 0 Å². The van der Waals surface area contributed by atoms with Gasteiger partial charge >= 0.3 is 0 Å². The minimum atomic E-state index is -4.02. The second-order valence-corrected chi connectivity index (χ2v) is 7.72. The number of nitrogens with zero attached hydrogens (tertiary/aromatic N) is 1. The van der Waals surface area contributed by atoms with Crippen molar-refractivity contribution in [2.24, 2.45) is 4.40 Å². The van der Waals surface area contributed by atoms with E-state index in [0.29, 0.717) is 16.1 Å². The van der Waals surface area contributed by atoms with Crippen molar-refractivity contribution < 1.29 is 13.2 Å². The summed E-state index contributed by atoms with van der Waals surface area (Å²) in [5.74, 6) is -0.437. The Labute approximate surface area is 167 Å². The SMILES string of the molecule is O=C(NN/C(=N/S(=O)(=O)c1ccc(Cl)cc1)c1ccccc1)c1ccccc1. The Balaban J connectivity index is 1.90. The van der Waals surface area contributed by atoms with Crippen LogP contribution >= 0.6 is 11.6 Å². The molecule has 0 atom stereocenters. The number of carbonyl (C=O) groups excluding carboxylic acids is 1. The Morgan fingerprint density at radius 3 is 1.86 bits per heavy atom. The van der Waals surface area contributed by atoms with Gasteiger partial charge in [0.1, 0.15) is 0 Å². The van der Waals surface area contributed by atoms with Crippen molar-refractivity contribution in [2.45, 2.75) is 4.90 Å². The summed E-state index contributed by atoms with van der Waals surface area (Å²) in [6.45, 7) is 0. The van der Waals surface area contributed by atoms with Crippen molar-refractivity contribution in [1.82, 2.24) is 10.9 Å². The lowest BCUT2D eigenvalue weighted by atomic mass is 10.2. The third kappa shape index (κ3) is 4.97. The number of nitrogens with one attached hydrogen (secondary N) is 2. The van der Waals surface area contributed by atoms with Crippen LogP contribution in [0.4, 0.5) is 0 Å². The number of hydrazine groups is 1. The molecular weight excluding hydrogens is 398 g/mol. The molecule has 1 amide bonds. The fraction of sp³-hybridized carbons (Fsp3) is 0. The van der Waals surface area contributed by atoms with Gasteiger partial charge in [-0.3, -0.25) is 15.6 Å². The summed E-state index contributed by atoms with van der Waals surface area (Å²) in [5.41, 5.74) is 6.01. The van der Waals surface area contributed by atoms with Crippen LogP contribution in [-0.2, 0) is 10.0 Å². The highest BCUT2D eigenvalue weighted by Gasteiger charge is 2.16. The number of hydrogen-bond acceptors (Lipinski definition) is 3. The molecule has 0 heterocycles. The topological polar surface area (TPSA) is 87.6 Å². The molecule has 0 radical (unpaired) electrons. The summed E-state index contributed by atoms with van der Waals surface area (Å²) < 4.78 is 29.2. The second kappa shape index (κ2) is 8.69. The lowest BCUT2D eigenvalue weighted by molar-refractivity contribution is 0.0944. The Kier molecular flexibility index (Phi) is 6.08. The van der Waals surface area contributed by atoms with Gasteiger partial charge in [0.25, 0.3) is 15.9 Å². The van der Waals surface area contributed by atoms with Crippen molar-refractivity contribution in [1.29, 1.82) is 0 Å². The van der Waals surface area contributed by atoms with Crippen LogP contribution in [0, 0.1) is 0 Å². The quantitative estimate of drug-likeness (QED) is 0.390. The first-order valence-electron chi connectivity index (χ1n) is 8.23. The molecule has 0 aromatic heterocycles. The molecule has 8 heteroatoms. The van der Waals surface area contributed by atoms with E-state index in [0.717, 1.165) is 0 Å². The first-order chi connectivity index (χ1) is 13.5. The molecule has 3 aromatic carbocycles. The van der Waals surface area contributed by atoms with E-state index in [2.05, 4.69) is 15.2 Å².